The fourth-order valence-corrected chi connectivity index (χ4v) is 4.90. The molecule has 1 fully saturated rings. The molecule has 3 heterocycles. The average Bonchev–Trinajstić information content (AvgIpc) is 3.63. The van der Waals surface area contributed by atoms with Gasteiger partial charge in [-0.1, -0.05) is 48.2 Å². The van der Waals surface area contributed by atoms with Crippen molar-refractivity contribution in [1.29, 1.82) is 0 Å². The highest BCUT2D eigenvalue weighted by molar-refractivity contribution is 5.78. The third-order valence-electron chi connectivity index (χ3n) is 7.14. The molecule has 0 unspecified atom stereocenters. The van der Waals surface area contributed by atoms with Crippen molar-refractivity contribution in [3.8, 4) is 29.2 Å². The first-order valence-electron chi connectivity index (χ1n) is 14.3. The summed E-state index contributed by atoms with van der Waals surface area (Å²) in [6, 6.07) is 26.2. The van der Waals surface area contributed by atoms with Crippen LogP contribution in [0.25, 0.3) is 22.4 Å². The van der Waals surface area contributed by atoms with E-state index in [2.05, 4.69) is 51.1 Å². The predicted octanol–water partition coefficient (Wildman–Crippen LogP) is 5.68. The Hall–Kier alpha value is -4.71. The van der Waals surface area contributed by atoms with Crippen molar-refractivity contribution in [3.05, 3.63) is 101 Å². The molecular weight excluding hydrogens is 528 g/mol. The maximum atomic E-state index is 12.2. The van der Waals surface area contributed by atoms with Gasteiger partial charge in [-0.2, -0.15) is 4.98 Å². The van der Waals surface area contributed by atoms with E-state index >= 15 is 0 Å². The average molecular weight is 561 g/mol. The van der Waals surface area contributed by atoms with Gasteiger partial charge in [0.2, 0.25) is 0 Å². The van der Waals surface area contributed by atoms with Crippen molar-refractivity contribution in [3.63, 3.8) is 0 Å². The number of ether oxygens (including phenoxy) is 2. The molecule has 0 N–H and O–H groups in total. The number of fused-ring (bicyclic) bond motifs is 1. The number of imidazole rings is 1. The molecule has 1 aliphatic heterocycles. The molecule has 2 aromatic heterocycles. The summed E-state index contributed by atoms with van der Waals surface area (Å²) in [5.41, 5.74) is 6.39. The first-order valence-corrected chi connectivity index (χ1v) is 14.3. The molecule has 8 heteroatoms. The number of para-hydroxylation sites is 2. The molecule has 5 aromatic rings. The highest BCUT2D eigenvalue weighted by Gasteiger charge is 2.17. The number of morpholine rings is 1. The minimum Gasteiger partial charge on any atom is -0.392 e. The van der Waals surface area contributed by atoms with E-state index in [1.807, 2.05) is 66.1 Å². The number of aromatic nitrogens is 3. The number of rotatable bonds is 8. The van der Waals surface area contributed by atoms with Crippen LogP contribution in [-0.2, 0) is 22.6 Å². The highest BCUT2D eigenvalue weighted by atomic mass is 16.5. The second-order valence-electron chi connectivity index (χ2n) is 10.3. The molecule has 42 heavy (non-hydrogen) atoms. The number of hydrogen-bond donors (Lipinski definition) is 0. The molecule has 0 spiro atoms. The number of esters is 1. The SMILES string of the molecule is CCCC(=O)Oc1nc2ccccc2n1Cc1cc(-c2ccc(C#Cc3ccc(CN4CCOCC4)cc3)cc2)on1. The molecular formula is C34H32N4O4. The van der Waals surface area contributed by atoms with E-state index in [4.69, 9.17) is 14.0 Å². The molecule has 0 aliphatic carbocycles. The lowest BCUT2D eigenvalue weighted by molar-refractivity contribution is -0.135. The van der Waals surface area contributed by atoms with Gasteiger partial charge >= 0.3 is 12.0 Å². The van der Waals surface area contributed by atoms with Gasteiger partial charge in [0.05, 0.1) is 30.8 Å². The fourth-order valence-electron chi connectivity index (χ4n) is 4.90. The van der Waals surface area contributed by atoms with E-state index in [1.54, 1.807) is 0 Å². The number of carbonyl (C=O) groups excluding carboxylic acids is 1. The van der Waals surface area contributed by atoms with Gasteiger partial charge in [0.1, 0.15) is 5.69 Å². The zero-order valence-electron chi connectivity index (χ0n) is 23.6. The first-order chi connectivity index (χ1) is 20.6. The summed E-state index contributed by atoms with van der Waals surface area (Å²) in [5, 5.41) is 4.27. The Balaban J connectivity index is 1.12. The normalized spacial score (nSPS) is 13.5. The van der Waals surface area contributed by atoms with Crippen molar-refractivity contribution in [2.24, 2.45) is 0 Å². The summed E-state index contributed by atoms with van der Waals surface area (Å²) >= 11 is 0. The molecule has 6 rings (SSSR count). The Morgan fingerprint density at radius 3 is 2.38 bits per heavy atom. The molecule has 0 atom stereocenters. The summed E-state index contributed by atoms with van der Waals surface area (Å²) in [5.74, 6) is 6.85. The Labute approximate surface area is 244 Å². The van der Waals surface area contributed by atoms with Crippen LogP contribution < -0.4 is 4.74 Å². The molecule has 0 radical (unpaired) electrons. The molecule has 8 nitrogen and oxygen atoms in total. The van der Waals surface area contributed by atoms with E-state index in [1.165, 1.54) is 5.56 Å². The van der Waals surface area contributed by atoms with Gasteiger partial charge in [0.15, 0.2) is 5.76 Å². The zero-order valence-corrected chi connectivity index (χ0v) is 23.6. The Morgan fingerprint density at radius 2 is 1.64 bits per heavy atom. The van der Waals surface area contributed by atoms with Gasteiger partial charge < -0.3 is 14.0 Å². The third kappa shape index (κ3) is 6.60. The Bertz CT molecular complexity index is 1720. The van der Waals surface area contributed by atoms with Gasteiger partial charge in [-0.3, -0.25) is 14.3 Å². The smallest absolute Gasteiger partial charge is 0.313 e. The number of nitrogens with zero attached hydrogens (tertiary/aromatic N) is 4. The molecule has 3 aromatic carbocycles. The van der Waals surface area contributed by atoms with Crippen LogP contribution in [0.5, 0.6) is 6.01 Å². The number of hydrogen-bond acceptors (Lipinski definition) is 7. The monoisotopic (exact) mass is 560 g/mol. The van der Waals surface area contributed by atoms with Gasteiger partial charge in [0, 0.05) is 48.8 Å². The Kier molecular flexibility index (Phi) is 8.41. The van der Waals surface area contributed by atoms with Crippen LogP contribution in [0.4, 0.5) is 0 Å². The van der Waals surface area contributed by atoms with E-state index in [-0.39, 0.29) is 12.0 Å². The Morgan fingerprint density at radius 1 is 0.929 bits per heavy atom. The molecule has 212 valence electrons. The van der Waals surface area contributed by atoms with Crippen LogP contribution in [0.2, 0.25) is 0 Å². The van der Waals surface area contributed by atoms with E-state index in [0.717, 1.165) is 60.6 Å². The zero-order chi connectivity index (χ0) is 28.7. The molecule has 1 saturated heterocycles. The lowest BCUT2D eigenvalue weighted by Crippen LogP contribution is -2.35. The number of carbonyl (C=O) groups is 1. The second kappa shape index (κ2) is 12.9. The van der Waals surface area contributed by atoms with Crippen molar-refractivity contribution in [1.82, 2.24) is 19.6 Å². The van der Waals surface area contributed by atoms with Crippen LogP contribution >= 0.6 is 0 Å². The van der Waals surface area contributed by atoms with Crippen LogP contribution in [0.1, 0.15) is 42.1 Å². The summed E-state index contributed by atoms with van der Waals surface area (Å²) < 4.78 is 18.5. The predicted molar refractivity (Wildman–Crippen MR) is 160 cm³/mol. The van der Waals surface area contributed by atoms with Crippen molar-refractivity contribution in [2.45, 2.75) is 32.9 Å². The van der Waals surface area contributed by atoms with Crippen LogP contribution in [0.15, 0.2) is 83.4 Å². The van der Waals surface area contributed by atoms with Crippen LogP contribution in [-0.4, -0.2) is 51.9 Å². The van der Waals surface area contributed by atoms with Gasteiger partial charge in [0.25, 0.3) is 0 Å². The highest BCUT2D eigenvalue weighted by Crippen LogP contribution is 2.26. The standard InChI is InChI=1S/C34H32N4O4/c1-2-5-33(39)41-34-35-30-6-3-4-7-31(30)38(34)24-29-22-32(42-36-29)28-16-14-26(15-17-28)9-8-25-10-12-27(13-11-25)23-37-18-20-40-21-19-37/h3-4,6-7,10-17,22H,2,5,18-21,23-24H2,1H3. The van der Waals surface area contributed by atoms with Crippen molar-refractivity contribution in [2.75, 3.05) is 26.3 Å². The number of benzene rings is 3. The van der Waals surface area contributed by atoms with Gasteiger partial charge in [-0.15, -0.1) is 0 Å². The van der Waals surface area contributed by atoms with E-state index in [9.17, 15) is 4.79 Å². The van der Waals surface area contributed by atoms with Crippen LogP contribution in [0.3, 0.4) is 0 Å². The van der Waals surface area contributed by atoms with Crippen LogP contribution in [0, 0.1) is 11.8 Å². The fraction of sp³-hybridized carbons (Fsp3) is 0.265. The van der Waals surface area contributed by atoms with Crippen molar-refractivity contribution >= 4 is 17.0 Å². The van der Waals surface area contributed by atoms with E-state index in [0.29, 0.717) is 30.8 Å². The summed E-state index contributed by atoms with van der Waals surface area (Å²) in [6.45, 7) is 6.80. The topological polar surface area (TPSA) is 82.6 Å². The minimum absolute atomic E-state index is 0.258. The second-order valence-corrected chi connectivity index (χ2v) is 10.3. The largest absolute Gasteiger partial charge is 0.392 e. The first kappa shape index (κ1) is 27.5. The van der Waals surface area contributed by atoms with E-state index < -0.39 is 0 Å². The third-order valence-corrected chi connectivity index (χ3v) is 7.14. The molecule has 0 saturated carbocycles. The minimum atomic E-state index is -0.307. The summed E-state index contributed by atoms with van der Waals surface area (Å²) in [7, 11) is 0. The summed E-state index contributed by atoms with van der Waals surface area (Å²) in [4.78, 5) is 19.1. The summed E-state index contributed by atoms with van der Waals surface area (Å²) in [6.07, 6.45) is 1.04. The molecule has 0 amide bonds. The lowest BCUT2D eigenvalue weighted by Gasteiger charge is -2.26. The van der Waals surface area contributed by atoms with Gasteiger partial charge in [-0.05, 0) is 60.5 Å². The quantitative estimate of drug-likeness (QED) is 0.178. The van der Waals surface area contributed by atoms with Gasteiger partial charge in [-0.25, -0.2) is 0 Å². The lowest BCUT2D eigenvalue weighted by atomic mass is 10.1. The molecule has 0 bridgehead atoms. The van der Waals surface area contributed by atoms with Crippen molar-refractivity contribution < 1.29 is 18.8 Å². The maximum absolute atomic E-state index is 12.2. The maximum Gasteiger partial charge on any atom is 0.313 e. The molecule has 1 aliphatic rings.